The molecule has 0 N–H and O–H groups in total. The average Bonchev–Trinajstić information content (AvgIpc) is 3.75. The number of aryl methyl sites for hydroxylation is 2. The summed E-state index contributed by atoms with van der Waals surface area (Å²) in [6, 6.07) is 40.0. The van der Waals surface area contributed by atoms with Crippen molar-refractivity contribution in [3.05, 3.63) is 208 Å². The molecule has 0 atom stereocenters. The van der Waals surface area contributed by atoms with Gasteiger partial charge in [0.1, 0.15) is 11.4 Å². The number of halogens is 1. The van der Waals surface area contributed by atoms with E-state index in [1.165, 1.54) is 44.3 Å². The largest absolute Gasteiger partial charge is 3.00 e. The van der Waals surface area contributed by atoms with Crippen LogP contribution in [0.5, 0.6) is 0 Å². The Morgan fingerprint density at radius 1 is 0.657 bits per heavy atom. The minimum Gasteiger partial charge on any atom is -0.501 e. The second kappa shape index (κ2) is 18.6. The molecule has 5 nitrogen and oxygen atoms in total. The van der Waals surface area contributed by atoms with Gasteiger partial charge in [0.2, 0.25) is 0 Å². The third kappa shape index (κ3) is 9.94. The summed E-state index contributed by atoms with van der Waals surface area (Å²) in [4.78, 5) is 14.0. The Kier molecular flexibility index (Phi) is 10.4. The molecule has 4 heterocycles. The maximum atomic E-state index is 17.0. The monoisotopic (exact) mass is 1060 g/mol. The third-order valence-electron chi connectivity index (χ3n) is 11.9. The van der Waals surface area contributed by atoms with Crippen LogP contribution in [0, 0.1) is 49.2 Å². The molecule has 0 radical (unpaired) electrons. The molecule has 7 heteroatoms. The van der Waals surface area contributed by atoms with Crippen LogP contribution in [0.2, 0.25) is 0 Å². The molecule has 334 valence electrons. The predicted octanol–water partition coefficient (Wildman–Crippen LogP) is 14.4. The molecule has 0 aliphatic rings. The van der Waals surface area contributed by atoms with Gasteiger partial charge in [0, 0.05) is 37.8 Å². The van der Waals surface area contributed by atoms with Crippen molar-refractivity contribution in [1.82, 2.24) is 15.0 Å². The number of benzene rings is 5. The smallest absolute Gasteiger partial charge is 0.501 e. The summed E-state index contributed by atoms with van der Waals surface area (Å²) in [6.07, 6.45) is -2.59. The van der Waals surface area contributed by atoms with E-state index in [1.807, 2.05) is 80.6 Å². The maximum Gasteiger partial charge on any atom is 3.00 e. The van der Waals surface area contributed by atoms with Crippen LogP contribution in [0.1, 0.15) is 103 Å². The summed E-state index contributed by atoms with van der Waals surface area (Å²) >= 11 is 0. The van der Waals surface area contributed by atoms with Gasteiger partial charge < -0.3 is 19.4 Å². The quantitative estimate of drug-likeness (QED) is 0.114. The summed E-state index contributed by atoms with van der Waals surface area (Å²) in [6.45, 7) is 13.9. The zero-order valence-electron chi connectivity index (χ0n) is 46.5. The Morgan fingerprint density at radius 3 is 1.67 bits per heavy atom. The van der Waals surface area contributed by atoms with Gasteiger partial charge in [-0.3, -0.25) is 0 Å². The van der Waals surface area contributed by atoms with Gasteiger partial charge in [-0.2, -0.15) is 5.26 Å². The summed E-state index contributed by atoms with van der Waals surface area (Å²) < 4.78 is 99.6. The van der Waals surface area contributed by atoms with E-state index in [-0.39, 0.29) is 82.4 Å². The number of rotatable bonds is 12. The van der Waals surface area contributed by atoms with Crippen molar-refractivity contribution in [2.75, 3.05) is 0 Å². The summed E-state index contributed by atoms with van der Waals surface area (Å²) in [5.41, 5.74) is 2.00. The maximum absolute atomic E-state index is 17.0. The molecule has 0 amide bonds. The molecule has 0 saturated carbocycles. The van der Waals surface area contributed by atoms with Gasteiger partial charge in [-0.15, -0.1) is 89.0 Å². The Bertz CT molecular complexity index is 3550. The van der Waals surface area contributed by atoms with Crippen molar-refractivity contribution in [3.8, 4) is 39.8 Å². The van der Waals surface area contributed by atoms with Crippen molar-refractivity contribution in [1.29, 1.82) is 5.26 Å². The minimum absolute atomic E-state index is 0. The van der Waals surface area contributed by atoms with Gasteiger partial charge in [0.25, 0.3) is 0 Å². The van der Waals surface area contributed by atoms with Gasteiger partial charge in [-0.05, 0) is 98.4 Å². The van der Waals surface area contributed by atoms with E-state index in [4.69, 9.17) is 17.1 Å². The molecular formula is C60H52FIrN4O. The minimum atomic E-state index is -2.51. The zero-order valence-corrected chi connectivity index (χ0v) is 40.9. The molecule has 0 bridgehead atoms. The van der Waals surface area contributed by atoms with Gasteiger partial charge in [-0.25, -0.2) is 4.39 Å². The van der Waals surface area contributed by atoms with E-state index in [9.17, 15) is 13.5 Å². The first kappa shape index (κ1) is 37.5. The van der Waals surface area contributed by atoms with E-state index in [0.717, 1.165) is 28.3 Å². The molecule has 0 unspecified atom stereocenters. The van der Waals surface area contributed by atoms with Gasteiger partial charge in [0.05, 0.1) is 20.0 Å². The number of hydrogen-bond donors (Lipinski definition) is 0. The third-order valence-corrected chi connectivity index (χ3v) is 11.9. The van der Waals surface area contributed by atoms with E-state index >= 15 is 4.39 Å². The number of hydrogen-bond acceptors (Lipinski definition) is 5. The van der Waals surface area contributed by atoms with E-state index < -0.39 is 41.2 Å². The van der Waals surface area contributed by atoms with Crippen LogP contribution < -0.4 is 0 Å². The molecular weight excluding hydrogens is 1000 g/mol. The molecule has 0 aliphatic heterocycles. The van der Waals surface area contributed by atoms with Crippen LogP contribution in [0.4, 0.5) is 4.39 Å². The van der Waals surface area contributed by atoms with Crippen molar-refractivity contribution >= 4 is 21.9 Å². The number of nitrogens with zero attached hydrogens (tertiary/aromatic N) is 4. The van der Waals surface area contributed by atoms with Crippen molar-refractivity contribution in [2.24, 2.45) is 0 Å². The van der Waals surface area contributed by atoms with Crippen LogP contribution in [0.25, 0.3) is 55.7 Å². The summed E-state index contributed by atoms with van der Waals surface area (Å²) in [5.74, 6) is -0.811. The number of fused-ring (bicyclic) bond motifs is 3. The molecule has 4 aromatic heterocycles. The molecule has 9 rings (SSSR count). The van der Waals surface area contributed by atoms with Gasteiger partial charge in [0.15, 0.2) is 0 Å². The molecule has 67 heavy (non-hydrogen) atoms. The fourth-order valence-electron chi connectivity index (χ4n) is 8.20. The van der Waals surface area contributed by atoms with E-state index in [0.29, 0.717) is 33.3 Å². The number of furan rings is 1. The predicted molar refractivity (Wildman–Crippen MR) is 264 cm³/mol. The second-order valence-corrected chi connectivity index (χ2v) is 18.4. The number of aromatic nitrogens is 3. The second-order valence-electron chi connectivity index (χ2n) is 18.4. The summed E-state index contributed by atoms with van der Waals surface area (Å²) in [5, 5.41) is 10.5. The molecule has 0 aliphatic carbocycles. The molecule has 5 aromatic carbocycles. The standard InChI is InChI=1S/C60H52FN4O.Ir/c1-38-12-17-44(18-13-38)53-24-21-46(35-63-53)58(3,4)31-41-26-42(32-59(5,6)47-22-25-54(64-36-47)45-19-14-39(2)15-20-45)28-43(27-41)33-60(7,8)51-37-65-55(30-52(51)61)50-11-9-10-49-48-23-16-40(34-62)29-56(48)66-57(49)50;/h9-10,12-17,19,21-30,35-37H,31-33H2,1-8H3;/q-3;+3/i16D,29D,31D2,32D2,33D2;. The fraction of sp³-hybridized carbons (Fsp3) is 0.233. The van der Waals surface area contributed by atoms with Crippen LogP contribution in [0.15, 0.2) is 138 Å². The molecule has 0 fully saturated rings. The van der Waals surface area contributed by atoms with E-state index in [1.54, 1.807) is 52.2 Å². The van der Waals surface area contributed by atoms with Crippen molar-refractivity contribution in [3.63, 3.8) is 0 Å². The zero-order chi connectivity index (χ0) is 53.5. The SMILES string of the molecule is [2H]c1cc2c(oc3c(-c4cc(F)c(C(C)(C)C([2H])([2H])c5cc(C([2H])([2H])C(C)(C)c6ccc(-c7[c-]cc(C)cc7)nc6)cc(C([2H])([2H])C(C)(C)c6ccc(-c7[c-]cc(C)cc7)nc6)c5)cn4)[c-]ccc32)c([2H])c1C#N.[Ir+3]. The van der Waals surface area contributed by atoms with Crippen LogP contribution in [0.3, 0.4) is 0 Å². The average molecular weight is 1060 g/mol. The van der Waals surface area contributed by atoms with Gasteiger partial charge in [-0.1, -0.05) is 115 Å². The molecule has 9 aromatic rings. The first-order chi connectivity index (χ1) is 34.7. The topological polar surface area (TPSA) is 75.6 Å². The number of nitriles is 1. The Labute approximate surface area is 418 Å². The Hall–Kier alpha value is -6.58. The first-order valence-electron chi connectivity index (χ1n) is 25.7. The fourth-order valence-corrected chi connectivity index (χ4v) is 8.20. The first-order valence-corrected chi connectivity index (χ1v) is 21.7. The molecule has 0 spiro atoms. The van der Waals surface area contributed by atoms with Gasteiger partial charge >= 0.3 is 20.1 Å². The normalized spacial score (nSPS) is 14.4. The van der Waals surface area contributed by atoms with E-state index in [2.05, 4.69) is 23.2 Å². The van der Waals surface area contributed by atoms with Crippen LogP contribution in [-0.4, -0.2) is 15.0 Å². The Balaban J connectivity index is 0.00000747. The summed E-state index contributed by atoms with van der Waals surface area (Å²) in [7, 11) is 0. The molecule has 0 saturated heterocycles. The number of pyridine rings is 3. The van der Waals surface area contributed by atoms with Crippen LogP contribution >= 0.6 is 0 Å². The Morgan fingerprint density at radius 2 is 1.19 bits per heavy atom. The van der Waals surface area contributed by atoms with Crippen molar-refractivity contribution in [2.45, 2.75) is 90.8 Å². The van der Waals surface area contributed by atoms with Crippen molar-refractivity contribution < 1.29 is 39.9 Å². The van der Waals surface area contributed by atoms with Crippen LogP contribution in [-0.2, 0) is 55.5 Å².